The molecule has 144 valence electrons. The molecule has 2 aliphatic rings. The zero-order chi connectivity index (χ0) is 18.5. The lowest BCUT2D eigenvalue weighted by molar-refractivity contribution is -0.133. The first-order chi connectivity index (χ1) is 13.3. The van der Waals surface area contributed by atoms with Crippen molar-refractivity contribution in [1.29, 1.82) is 0 Å². The van der Waals surface area contributed by atoms with Gasteiger partial charge in [0.25, 0.3) is 0 Å². The summed E-state index contributed by atoms with van der Waals surface area (Å²) in [6.45, 7) is 2.90. The van der Waals surface area contributed by atoms with Crippen LogP contribution in [0.2, 0.25) is 0 Å². The highest BCUT2D eigenvalue weighted by Gasteiger charge is 2.26. The van der Waals surface area contributed by atoms with Gasteiger partial charge in [0.1, 0.15) is 6.33 Å². The number of aromatic nitrogens is 4. The van der Waals surface area contributed by atoms with Crippen molar-refractivity contribution < 1.29 is 14.3 Å². The molecule has 2 fully saturated rings. The van der Waals surface area contributed by atoms with Gasteiger partial charge in [0.05, 0.1) is 24.3 Å². The van der Waals surface area contributed by atoms with E-state index in [1.54, 1.807) is 11.0 Å². The first-order valence-electron chi connectivity index (χ1n) is 9.61. The van der Waals surface area contributed by atoms with Gasteiger partial charge in [-0.2, -0.15) is 0 Å². The molecule has 4 rings (SSSR count). The average Bonchev–Trinajstić information content (AvgIpc) is 3.45. The van der Waals surface area contributed by atoms with Gasteiger partial charge in [-0.1, -0.05) is 12.1 Å². The van der Waals surface area contributed by atoms with Crippen molar-refractivity contribution in [3.63, 3.8) is 0 Å². The molecule has 0 spiro atoms. The summed E-state index contributed by atoms with van der Waals surface area (Å²) in [6.07, 6.45) is 6.41. The fourth-order valence-corrected chi connectivity index (χ4v) is 3.68. The van der Waals surface area contributed by atoms with Crippen LogP contribution in [0.4, 0.5) is 0 Å². The Labute approximate surface area is 158 Å². The van der Waals surface area contributed by atoms with E-state index in [0.717, 1.165) is 50.1 Å². The van der Waals surface area contributed by atoms with E-state index in [9.17, 15) is 4.79 Å². The molecule has 8 nitrogen and oxygen atoms in total. The Hall–Kier alpha value is -2.32. The van der Waals surface area contributed by atoms with Crippen LogP contribution in [0.1, 0.15) is 31.2 Å². The Kier molecular flexibility index (Phi) is 5.74. The van der Waals surface area contributed by atoms with E-state index in [1.165, 1.54) is 0 Å². The van der Waals surface area contributed by atoms with Gasteiger partial charge in [0.2, 0.25) is 5.91 Å². The standard InChI is InChI=1S/C19H25N5O3/c25-19(11-15-5-7-16(8-6-15)24-14-20-21-22-24)23(12-17-3-1-9-26-17)13-18-4-2-10-27-18/h5-8,14,17-18H,1-4,9-13H2/t17-,18-/m1/s1. The second-order valence-electron chi connectivity index (χ2n) is 7.17. The van der Waals surface area contributed by atoms with Crippen molar-refractivity contribution in [3.05, 3.63) is 36.2 Å². The first kappa shape index (κ1) is 18.1. The summed E-state index contributed by atoms with van der Waals surface area (Å²) in [4.78, 5) is 14.9. The Morgan fingerprint density at radius 1 is 1.07 bits per heavy atom. The van der Waals surface area contributed by atoms with E-state index in [2.05, 4.69) is 15.5 Å². The molecule has 2 saturated heterocycles. The van der Waals surface area contributed by atoms with Gasteiger partial charge in [-0.15, -0.1) is 5.10 Å². The van der Waals surface area contributed by atoms with Gasteiger partial charge in [0, 0.05) is 26.3 Å². The third-order valence-electron chi connectivity index (χ3n) is 5.15. The third-order valence-corrected chi connectivity index (χ3v) is 5.15. The largest absolute Gasteiger partial charge is 0.376 e. The van der Waals surface area contributed by atoms with Crippen LogP contribution in [-0.2, 0) is 20.7 Å². The molecule has 0 saturated carbocycles. The summed E-state index contributed by atoms with van der Waals surface area (Å²) in [5, 5.41) is 11.1. The minimum atomic E-state index is 0.121. The van der Waals surface area contributed by atoms with E-state index >= 15 is 0 Å². The highest BCUT2D eigenvalue weighted by molar-refractivity contribution is 5.79. The van der Waals surface area contributed by atoms with Crippen LogP contribution in [0, 0.1) is 0 Å². The predicted molar refractivity (Wildman–Crippen MR) is 97.4 cm³/mol. The van der Waals surface area contributed by atoms with Crippen LogP contribution in [-0.4, -0.2) is 69.5 Å². The third kappa shape index (κ3) is 4.70. The number of hydrogen-bond acceptors (Lipinski definition) is 6. The summed E-state index contributed by atoms with van der Waals surface area (Å²) >= 11 is 0. The van der Waals surface area contributed by atoms with Crippen LogP contribution < -0.4 is 0 Å². The van der Waals surface area contributed by atoms with Gasteiger partial charge in [-0.05, 0) is 53.8 Å². The molecule has 0 bridgehead atoms. The Balaban J connectivity index is 1.40. The zero-order valence-corrected chi connectivity index (χ0v) is 15.4. The molecule has 1 aromatic heterocycles. The molecular weight excluding hydrogens is 346 g/mol. The van der Waals surface area contributed by atoms with Gasteiger partial charge >= 0.3 is 0 Å². The van der Waals surface area contributed by atoms with Gasteiger partial charge < -0.3 is 14.4 Å². The second-order valence-corrected chi connectivity index (χ2v) is 7.17. The van der Waals surface area contributed by atoms with Crippen molar-refractivity contribution in [2.24, 2.45) is 0 Å². The van der Waals surface area contributed by atoms with Crippen LogP contribution in [0.15, 0.2) is 30.6 Å². The van der Waals surface area contributed by atoms with Gasteiger partial charge in [-0.25, -0.2) is 4.68 Å². The van der Waals surface area contributed by atoms with Crippen molar-refractivity contribution in [2.45, 2.75) is 44.3 Å². The lowest BCUT2D eigenvalue weighted by Gasteiger charge is -2.28. The quantitative estimate of drug-likeness (QED) is 0.732. The SMILES string of the molecule is O=C(Cc1ccc(-n2cnnn2)cc1)N(C[C@H]1CCCO1)C[C@H]1CCCO1. The molecule has 2 aliphatic heterocycles. The van der Waals surface area contributed by atoms with E-state index < -0.39 is 0 Å². The summed E-state index contributed by atoms with van der Waals surface area (Å²) in [5.74, 6) is 0.121. The second kappa shape index (κ2) is 8.58. The zero-order valence-electron chi connectivity index (χ0n) is 15.4. The number of tetrazole rings is 1. The Morgan fingerprint density at radius 3 is 2.26 bits per heavy atom. The highest BCUT2D eigenvalue weighted by Crippen LogP contribution is 2.18. The Bertz CT molecular complexity index is 704. The molecule has 1 aromatic carbocycles. The number of carbonyl (C=O) groups is 1. The summed E-state index contributed by atoms with van der Waals surface area (Å²) in [6, 6.07) is 7.74. The van der Waals surface area contributed by atoms with E-state index in [4.69, 9.17) is 9.47 Å². The normalized spacial score (nSPS) is 22.2. The van der Waals surface area contributed by atoms with E-state index in [0.29, 0.717) is 19.5 Å². The maximum Gasteiger partial charge on any atom is 0.227 e. The van der Waals surface area contributed by atoms with Crippen molar-refractivity contribution in [2.75, 3.05) is 26.3 Å². The fraction of sp³-hybridized carbons (Fsp3) is 0.579. The molecule has 3 heterocycles. The molecule has 2 atom stereocenters. The van der Waals surface area contributed by atoms with Gasteiger partial charge in [-0.3, -0.25) is 4.79 Å². The maximum absolute atomic E-state index is 13.0. The highest BCUT2D eigenvalue weighted by atomic mass is 16.5. The summed E-state index contributed by atoms with van der Waals surface area (Å²) < 4.78 is 13.1. The Morgan fingerprint density at radius 2 is 1.74 bits per heavy atom. The monoisotopic (exact) mass is 371 g/mol. The minimum Gasteiger partial charge on any atom is -0.376 e. The van der Waals surface area contributed by atoms with E-state index in [1.807, 2.05) is 29.2 Å². The fourth-order valence-electron chi connectivity index (χ4n) is 3.68. The predicted octanol–water partition coefficient (Wildman–Crippen LogP) is 1.39. The maximum atomic E-state index is 13.0. The van der Waals surface area contributed by atoms with Crippen LogP contribution >= 0.6 is 0 Å². The number of carbonyl (C=O) groups excluding carboxylic acids is 1. The van der Waals surface area contributed by atoms with Crippen LogP contribution in [0.3, 0.4) is 0 Å². The number of nitrogens with zero attached hydrogens (tertiary/aromatic N) is 5. The average molecular weight is 371 g/mol. The molecule has 27 heavy (non-hydrogen) atoms. The van der Waals surface area contributed by atoms with Crippen molar-refractivity contribution in [3.8, 4) is 5.69 Å². The van der Waals surface area contributed by atoms with Crippen LogP contribution in [0.25, 0.3) is 5.69 Å². The molecule has 0 N–H and O–H groups in total. The lowest BCUT2D eigenvalue weighted by Crippen LogP contribution is -2.42. The molecule has 1 amide bonds. The van der Waals surface area contributed by atoms with Crippen molar-refractivity contribution >= 4 is 5.91 Å². The molecular formula is C19H25N5O3. The number of ether oxygens (including phenoxy) is 2. The number of rotatable bonds is 7. The molecule has 0 aliphatic carbocycles. The lowest BCUT2D eigenvalue weighted by atomic mass is 10.1. The number of amides is 1. The van der Waals surface area contributed by atoms with Crippen LogP contribution in [0.5, 0.6) is 0 Å². The van der Waals surface area contributed by atoms with E-state index in [-0.39, 0.29) is 18.1 Å². The number of hydrogen-bond donors (Lipinski definition) is 0. The smallest absolute Gasteiger partial charge is 0.227 e. The van der Waals surface area contributed by atoms with Crippen molar-refractivity contribution in [1.82, 2.24) is 25.1 Å². The minimum absolute atomic E-state index is 0.121. The molecule has 2 aromatic rings. The molecule has 8 heteroatoms. The number of benzene rings is 1. The molecule has 0 radical (unpaired) electrons. The summed E-state index contributed by atoms with van der Waals surface area (Å²) in [7, 11) is 0. The molecule has 0 unspecified atom stereocenters. The first-order valence-corrected chi connectivity index (χ1v) is 9.61. The summed E-state index contributed by atoms with van der Waals surface area (Å²) in [5.41, 5.74) is 1.84. The van der Waals surface area contributed by atoms with Gasteiger partial charge in [0.15, 0.2) is 0 Å². The topological polar surface area (TPSA) is 82.4 Å².